The number of anilines is 1. The van der Waals surface area contributed by atoms with Gasteiger partial charge in [-0.15, -0.1) is 0 Å². The van der Waals surface area contributed by atoms with E-state index in [1.54, 1.807) is 25.1 Å². The summed E-state index contributed by atoms with van der Waals surface area (Å²) in [5, 5.41) is 0.407. The van der Waals surface area contributed by atoms with Crippen molar-refractivity contribution in [3.63, 3.8) is 0 Å². The van der Waals surface area contributed by atoms with Crippen molar-refractivity contribution in [1.29, 1.82) is 0 Å². The number of pyridine rings is 1. The normalized spacial score (nSPS) is 16.7. The third-order valence-electron chi connectivity index (χ3n) is 6.20. The highest BCUT2D eigenvalue weighted by atomic mass is 32.2. The number of sulfone groups is 1. The van der Waals surface area contributed by atoms with E-state index in [1.165, 1.54) is 24.4 Å². The molecule has 2 heterocycles. The van der Waals surface area contributed by atoms with Crippen LogP contribution in [0.15, 0.2) is 52.4 Å². The Morgan fingerprint density at radius 1 is 1.18 bits per heavy atom. The van der Waals surface area contributed by atoms with Crippen molar-refractivity contribution in [1.82, 2.24) is 4.98 Å². The maximum Gasteiger partial charge on any atom is 0.310 e. The highest BCUT2D eigenvalue weighted by Crippen LogP contribution is 2.38. The number of aryl methyl sites for hydroxylation is 2. The van der Waals surface area contributed by atoms with Gasteiger partial charge in [0.05, 0.1) is 28.6 Å². The van der Waals surface area contributed by atoms with Crippen molar-refractivity contribution in [3.05, 3.63) is 59.5 Å². The molecule has 1 saturated heterocycles. The second-order valence-electron chi connectivity index (χ2n) is 8.42. The first-order valence-corrected chi connectivity index (χ1v) is 12.5. The molecule has 3 aromatic rings. The van der Waals surface area contributed by atoms with Gasteiger partial charge in [-0.05, 0) is 75.1 Å². The van der Waals surface area contributed by atoms with Gasteiger partial charge in [0.1, 0.15) is 10.7 Å². The van der Waals surface area contributed by atoms with Crippen LogP contribution in [-0.2, 0) is 19.4 Å². The molecule has 1 fully saturated rings. The van der Waals surface area contributed by atoms with Crippen LogP contribution < -0.4 is 4.90 Å². The topological polar surface area (TPSA) is 76.6 Å². The molecule has 1 aliphatic heterocycles. The summed E-state index contributed by atoms with van der Waals surface area (Å²) in [5.41, 5.74) is 2.72. The Kier molecular flexibility index (Phi) is 6.38. The summed E-state index contributed by atoms with van der Waals surface area (Å²) in [4.78, 5) is 18.8. The van der Waals surface area contributed by atoms with Gasteiger partial charge in [-0.2, -0.15) is 0 Å². The highest BCUT2D eigenvalue weighted by Gasteiger charge is 2.32. The lowest BCUT2D eigenvalue weighted by Gasteiger charge is -2.35. The van der Waals surface area contributed by atoms with Crippen molar-refractivity contribution >= 4 is 32.4 Å². The lowest BCUT2D eigenvalue weighted by Crippen LogP contribution is -2.40. The first-order chi connectivity index (χ1) is 15.7. The van der Waals surface area contributed by atoms with Gasteiger partial charge in [-0.1, -0.05) is 6.07 Å². The predicted molar refractivity (Wildman–Crippen MR) is 125 cm³/mol. The smallest absolute Gasteiger partial charge is 0.310 e. The summed E-state index contributed by atoms with van der Waals surface area (Å²) in [6.45, 7) is 6.65. The van der Waals surface area contributed by atoms with Gasteiger partial charge < -0.3 is 9.64 Å². The van der Waals surface area contributed by atoms with Crippen molar-refractivity contribution < 1.29 is 22.3 Å². The Morgan fingerprint density at radius 3 is 2.70 bits per heavy atom. The van der Waals surface area contributed by atoms with Gasteiger partial charge in [0.2, 0.25) is 9.84 Å². The van der Waals surface area contributed by atoms with Crippen LogP contribution in [0.25, 0.3) is 10.9 Å². The molecule has 1 atom stereocenters. The van der Waals surface area contributed by atoms with Gasteiger partial charge in [0, 0.05) is 24.7 Å². The van der Waals surface area contributed by atoms with Gasteiger partial charge in [-0.25, -0.2) is 12.8 Å². The number of hydrogen-bond acceptors (Lipinski definition) is 6. The molecule has 1 aromatic heterocycles. The third kappa shape index (κ3) is 4.44. The van der Waals surface area contributed by atoms with Crippen LogP contribution in [0.1, 0.15) is 30.9 Å². The van der Waals surface area contributed by atoms with Crippen LogP contribution in [0.4, 0.5) is 10.1 Å². The number of hydrogen-bond donors (Lipinski definition) is 0. The monoisotopic (exact) mass is 470 g/mol. The molecule has 1 unspecified atom stereocenters. The van der Waals surface area contributed by atoms with Gasteiger partial charge >= 0.3 is 5.97 Å². The molecule has 8 heteroatoms. The molecular weight excluding hydrogens is 443 g/mol. The largest absolute Gasteiger partial charge is 0.466 e. The zero-order chi connectivity index (χ0) is 23.8. The fourth-order valence-corrected chi connectivity index (χ4v) is 5.81. The minimum absolute atomic E-state index is 0.00774. The number of rotatable bonds is 5. The molecule has 174 valence electrons. The number of ether oxygens (including phenoxy) is 1. The van der Waals surface area contributed by atoms with E-state index in [0.717, 1.165) is 11.1 Å². The molecule has 0 N–H and O–H groups in total. The maximum atomic E-state index is 14.3. The van der Waals surface area contributed by atoms with E-state index in [2.05, 4.69) is 4.98 Å². The van der Waals surface area contributed by atoms with E-state index in [9.17, 15) is 17.6 Å². The molecule has 6 nitrogen and oxygen atoms in total. The van der Waals surface area contributed by atoms with Crippen LogP contribution in [-0.4, -0.2) is 39.1 Å². The molecule has 2 aromatic carbocycles. The lowest BCUT2D eigenvalue weighted by atomic mass is 9.97. The van der Waals surface area contributed by atoms with Gasteiger partial charge in [-0.3, -0.25) is 9.78 Å². The molecule has 0 saturated carbocycles. The molecule has 0 bridgehead atoms. The van der Waals surface area contributed by atoms with E-state index >= 15 is 0 Å². The highest BCUT2D eigenvalue weighted by molar-refractivity contribution is 7.91. The number of piperidine rings is 1. The van der Waals surface area contributed by atoms with E-state index in [-0.39, 0.29) is 28.3 Å². The Labute approximate surface area is 193 Å². The lowest BCUT2D eigenvalue weighted by molar-refractivity contribution is -0.148. The first kappa shape index (κ1) is 23.2. The Balaban J connectivity index is 1.90. The summed E-state index contributed by atoms with van der Waals surface area (Å²) in [5.74, 6) is -1.16. The van der Waals surface area contributed by atoms with E-state index < -0.39 is 15.7 Å². The number of aromatic nitrogens is 1. The number of carbonyl (C=O) groups excluding carboxylic acids is 1. The fourth-order valence-electron chi connectivity index (χ4n) is 4.30. The van der Waals surface area contributed by atoms with Crippen molar-refractivity contribution in [2.75, 3.05) is 24.6 Å². The molecule has 0 spiro atoms. The first-order valence-electron chi connectivity index (χ1n) is 11.0. The van der Waals surface area contributed by atoms with E-state index in [4.69, 9.17) is 4.74 Å². The summed E-state index contributed by atoms with van der Waals surface area (Å²) in [6, 6.07) is 9.14. The van der Waals surface area contributed by atoms with Crippen molar-refractivity contribution in [2.45, 2.75) is 43.4 Å². The van der Waals surface area contributed by atoms with Crippen LogP contribution in [0.5, 0.6) is 0 Å². The van der Waals surface area contributed by atoms with Crippen molar-refractivity contribution in [3.8, 4) is 0 Å². The van der Waals surface area contributed by atoms with Crippen molar-refractivity contribution in [2.24, 2.45) is 5.92 Å². The average molecular weight is 471 g/mol. The number of carbonyl (C=O) groups is 1. The third-order valence-corrected chi connectivity index (χ3v) is 7.96. The number of esters is 1. The van der Waals surface area contributed by atoms with Gasteiger partial charge in [0.15, 0.2) is 0 Å². The molecule has 0 radical (unpaired) electrons. The Hall–Kier alpha value is -3.00. The Morgan fingerprint density at radius 2 is 1.97 bits per heavy atom. The standard InChI is InChI=1S/C25H27FN2O4S/c1-4-32-25(29)18-6-5-11-28(15-18)24-21-13-19(26)8-10-22(21)27-14-23(24)33(30,31)20-9-7-16(2)17(3)12-20/h7-10,12-14,18H,4-6,11,15H2,1-3H3. The van der Waals surface area contributed by atoms with Crippen LogP contribution in [0.3, 0.4) is 0 Å². The molecule has 0 amide bonds. The molecular formula is C25H27FN2O4S. The molecule has 1 aliphatic rings. The molecule has 0 aliphatic carbocycles. The predicted octanol–water partition coefficient (Wildman–Crippen LogP) is 4.60. The summed E-state index contributed by atoms with van der Waals surface area (Å²) in [6.07, 6.45) is 2.69. The fraction of sp³-hybridized carbons (Fsp3) is 0.360. The maximum absolute atomic E-state index is 14.3. The van der Waals surface area contributed by atoms with E-state index in [1.807, 2.05) is 18.7 Å². The summed E-state index contributed by atoms with van der Waals surface area (Å²) < 4.78 is 47.0. The quantitative estimate of drug-likeness (QED) is 0.507. The molecule has 4 rings (SSSR count). The summed E-state index contributed by atoms with van der Waals surface area (Å²) >= 11 is 0. The SMILES string of the molecule is CCOC(=O)C1CCCN(c2c(S(=O)(=O)c3ccc(C)c(C)c3)cnc3ccc(F)cc23)C1. The zero-order valence-electron chi connectivity index (χ0n) is 19.0. The Bertz CT molecular complexity index is 1320. The van der Waals surface area contributed by atoms with Crippen LogP contribution in [0, 0.1) is 25.6 Å². The number of nitrogens with zero attached hydrogens (tertiary/aromatic N) is 2. The zero-order valence-corrected chi connectivity index (χ0v) is 19.8. The number of benzene rings is 2. The molecule has 33 heavy (non-hydrogen) atoms. The average Bonchev–Trinajstić information content (AvgIpc) is 2.80. The second kappa shape index (κ2) is 9.09. The number of fused-ring (bicyclic) bond motifs is 1. The summed E-state index contributed by atoms with van der Waals surface area (Å²) in [7, 11) is -3.95. The van der Waals surface area contributed by atoms with Crippen LogP contribution >= 0.6 is 0 Å². The minimum atomic E-state index is -3.95. The van der Waals surface area contributed by atoms with Gasteiger partial charge in [0.25, 0.3) is 0 Å². The minimum Gasteiger partial charge on any atom is -0.466 e. The number of halogens is 1. The van der Waals surface area contributed by atoms with E-state index in [0.29, 0.717) is 42.5 Å². The second-order valence-corrected chi connectivity index (χ2v) is 10.3. The van der Waals surface area contributed by atoms with Crippen LogP contribution in [0.2, 0.25) is 0 Å².